The Morgan fingerprint density at radius 1 is 1.16 bits per heavy atom. The van der Waals surface area contributed by atoms with Crippen LogP contribution < -0.4 is 4.74 Å². The lowest BCUT2D eigenvalue weighted by Crippen LogP contribution is -2.21. The van der Waals surface area contributed by atoms with E-state index in [9.17, 15) is 9.90 Å². The van der Waals surface area contributed by atoms with E-state index in [-0.39, 0.29) is 18.5 Å². The fourth-order valence-electron chi connectivity index (χ4n) is 4.25. The van der Waals surface area contributed by atoms with Gasteiger partial charge in [-0.2, -0.15) is 0 Å². The van der Waals surface area contributed by atoms with Gasteiger partial charge >= 0.3 is 5.97 Å². The molecule has 165 valence electrons. The number of phenolic OH excluding ortho intramolecular Hbond substituents is 1. The van der Waals surface area contributed by atoms with E-state index in [1.165, 1.54) is 24.0 Å². The third kappa shape index (κ3) is 6.53. The SMILES string of the molecule is Cc1cc(OCC(=O)OCC2[B]CCCC2)cc(C)c1Cc1ccc(O)c(C(C)C)c1. The van der Waals surface area contributed by atoms with Gasteiger partial charge < -0.3 is 14.6 Å². The van der Waals surface area contributed by atoms with Gasteiger partial charge in [0.05, 0.1) is 6.61 Å². The van der Waals surface area contributed by atoms with Crippen molar-refractivity contribution in [2.75, 3.05) is 13.2 Å². The summed E-state index contributed by atoms with van der Waals surface area (Å²) in [5.41, 5.74) is 5.63. The van der Waals surface area contributed by atoms with Gasteiger partial charge in [0.1, 0.15) is 18.8 Å². The molecule has 0 saturated carbocycles. The van der Waals surface area contributed by atoms with E-state index in [4.69, 9.17) is 9.47 Å². The summed E-state index contributed by atoms with van der Waals surface area (Å²) in [5.74, 6) is 1.38. The molecule has 1 heterocycles. The lowest BCUT2D eigenvalue weighted by atomic mass is 9.56. The monoisotopic (exact) mass is 421 g/mol. The largest absolute Gasteiger partial charge is 0.508 e. The minimum Gasteiger partial charge on any atom is -0.508 e. The number of phenols is 1. The lowest BCUT2D eigenvalue weighted by molar-refractivity contribution is -0.146. The Kier molecular flexibility index (Phi) is 8.06. The number of benzene rings is 2. The average molecular weight is 421 g/mol. The predicted molar refractivity (Wildman–Crippen MR) is 126 cm³/mol. The lowest BCUT2D eigenvalue weighted by Gasteiger charge is -2.20. The molecule has 1 atom stereocenters. The third-order valence-electron chi connectivity index (χ3n) is 6.11. The zero-order chi connectivity index (χ0) is 22.4. The predicted octanol–water partition coefficient (Wildman–Crippen LogP) is 5.74. The summed E-state index contributed by atoms with van der Waals surface area (Å²) < 4.78 is 11.1. The zero-order valence-corrected chi connectivity index (χ0v) is 19.2. The number of hydrogen-bond acceptors (Lipinski definition) is 4. The van der Waals surface area contributed by atoms with Crippen LogP contribution >= 0.6 is 0 Å². The quantitative estimate of drug-likeness (QED) is 0.436. The van der Waals surface area contributed by atoms with Gasteiger partial charge in [-0.15, -0.1) is 0 Å². The molecule has 0 bridgehead atoms. The number of carbonyl (C=O) groups excluding carboxylic acids is 1. The van der Waals surface area contributed by atoms with Crippen molar-refractivity contribution in [1.82, 2.24) is 0 Å². The van der Waals surface area contributed by atoms with Crippen LogP contribution in [0.2, 0.25) is 12.1 Å². The standard InChI is InChI=1S/C26H34BO4/c1-17(2)23-13-20(8-9-25(23)28)14-24-18(3)11-22(12-19(24)4)30-16-26(29)31-15-21-7-5-6-10-27-21/h8-9,11-13,17,21,28H,5-7,10,14-16H2,1-4H3. The first-order chi connectivity index (χ1) is 14.8. The van der Waals surface area contributed by atoms with E-state index in [1.54, 1.807) is 6.07 Å². The normalized spacial score (nSPS) is 16.1. The number of aromatic hydroxyl groups is 1. The van der Waals surface area contributed by atoms with Crippen LogP contribution in [-0.4, -0.2) is 31.6 Å². The Bertz CT molecular complexity index is 877. The molecule has 1 aliphatic rings. The fraction of sp³-hybridized carbons (Fsp3) is 0.500. The second-order valence-electron chi connectivity index (χ2n) is 9.01. The van der Waals surface area contributed by atoms with Crippen LogP contribution in [-0.2, 0) is 16.0 Å². The van der Waals surface area contributed by atoms with Crippen molar-refractivity contribution in [1.29, 1.82) is 0 Å². The second kappa shape index (κ2) is 10.7. The topological polar surface area (TPSA) is 55.8 Å². The number of rotatable bonds is 8. The minimum absolute atomic E-state index is 0.0688. The van der Waals surface area contributed by atoms with Crippen LogP contribution in [0.5, 0.6) is 11.5 Å². The van der Waals surface area contributed by atoms with E-state index >= 15 is 0 Å². The average Bonchev–Trinajstić information content (AvgIpc) is 2.75. The van der Waals surface area contributed by atoms with E-state index in [1.807, 2.05) is 18.2 Å². The van der Waals surface area contributed by atoms with Crippen molar-refractivity contribution in [3.8, 4) is 11.5 Å². The van der Waals surface area contributed by atoms with Gasteiger partial charge in [-0.25, -0.2) is 4.79 Å². The van der Waals surface area contributed by atoms with Gasteiger partial charge in [0, 0.05) is 0 Å². The number of ether oxygens (including phenoxy) is 2. The van der Waals surface area contributed by atoms with Gasteiger partial charge in [0.15, 0.2) is 6.61 Å². The van der Waals surface area contributed by atoms with Crippen molar-refractivity contribution in [2.24, 2.45) is 0 Å². The Labute approximate surface area is 187 Å². The molecule has 4 nitrogen and oxygen atoms in total. The molecule has 1 radical (unpaired) electrons. The second-order valence-corrected chi connectivity index (χ2v) is 9.01. The van der Waals surface area contributed by atoms with Crippen LogP contribution in [0.4, 0.5) is 0 Å². The summed E-state index contributed by atoms with van der Waals surface area (Å²) in [6.07, 6.45) is 5.47. The van der Waals surface area contributed by atoms with Crippen LogP contribution in [0.25, 0.3) is 0 Å². The molecule has 1 fully saturated rings. The highest BCUT2D eigenvalue weighted by molar-refractivity contribution is 6.37. The molecule has 2 aromatic rings. The van der Waals surface area contributed by atoms with Crippen LogP contribution in [0, 0.1) is 13.8 Å². The molecule has 5 heteroatoms. The van der Waals surface area contributed by atoms with Crippen molar-refractivity contribution < 1.29 is 19.4 Å². The van der Waals surface area contributed by atoms with Crippen molar-refractivity contribution >= 4 is 13.2 Å². The number of hydrogen-bond donors (Lipinski definition) is 1. The van der Waals surface area contributed by atoms with Gasteiger partial charge in [-0.1, -0.05) is 51.6 Å². The minimum atomic E-state index is -0.316. The van der Waals surface area contributed by atoms with Crippen LogP contribution in [0.1, 0.15) is 66.8 Å². The van der Waals surface area contributed by atoms with Gasteiger partial charge in [-0.05, 0) is 78.0 Å². The number of esters is 1. The van der Waals surface area contributed by atoms with E-state index in [0.29, 0.717) is 23.9 Å². The van der Waals surface area contributed by atoms with Crippen molar-refractivity contribution in [2.45, 2.75) is 71.4 Å². The molecule has 2 aromatic carbocycles. The summed E-state index contributed by atoms with van der Waals surface area (Å²) in [5, 5.41) is 10.1. The molecule has 0 aliphatic carbocycles. The Balaban J connectivity index is 1.58. The van der Waals surface area contributed by atoms with Crippen molar-refractivity contribution in [3.63, 3.8) is 0 Å². The molecular weight excluding hydrogens is 387 g/mol. The number of aryl methyl sites for hydroxylation is 2. The van der Waals surface area contributed by atoms with Gasteiger partial charge in [-0.3, -0.25) is 0 Å². The Hall–Kier alpha value is -2.43. The maximum atomic E-state index is 12.1. The first-order valence-electron chi connectivity index (χ1n) is 11.4. The van der Waals surface area contributed by atoms with Crippen LogP contribution in [0.3, 0.4) is 0 Å². The molecule has 1 aliphatic heterocycles. The molecule has 1 unspecified atom stereocenters. The third-order valence-corrected chi connectivity index (χ3v) is 6.11. The molecule has 0 aromatic heterocycles. The molecular formula is C26H34BO4. The maximum Gasteiger partial charge on any atom is 0.344 e. The summed E-state index contributed by atoms with van der Waals surface area (Å²) in [6, 6.07) is 9.80. The summed E-state index contributed by atoms with van der Waals surface area (Å²) in [6.45, 7) is 8.69. The van der Waals surface area contributed by atoms with Gasteiger partial charge in [0.2, 0.25) is 0 Å². The highest BCUT2D eigenvalue weighted by atomic mass is 16.6. The molecule has 1 N–H and O–H groups in total. The first kappa shape index (κ1) is 23.2. The summed E-state index contributed by atoms with van der Waals surface area (Å²) >= 11 is 0. The molecule has 31 heavy (non-hydrogen) atoms. The highest BCUT2D eigenvalue weighted by Crippen LogP contribution is 2.29. The first-order valence-corrected chi connectivity index (χ1v) is 11.4. The Morgan fingerprint density at radius 3 is 2.55 bits per heavy atom. The van der Waals surface area contributed by atoms with E-state index < -0.39 is 0 Å². The summed E-state index contributed by atoms with van der Waals surface area (Å²) in [4.78, 5) is 12.1. The van der Waals surface area contributed by atoms with Gasteiger partial charge in [0.25, 0.3) is 0 Å². The molecule has 1 saturated heterocycles. The zero-order valence-electron chi connectivity index (χ0n) is 19.2. The molecule has 0 amide bonds. The summed E-state index contributed by atoms with van der Waals surface area (Å²) in [7, 11) is 2.27. The smallest absolute Gasteiger partial charge is 0.344 e. The molecule has 0 spiro atoms. The number of carbonyl (C=O) groups is 1. The van der Waals surface area contributed by atoms with E-state index in [2.05, 4.69) is 41.0 Å². The molecule has 3 rings (SSSR count). The maximum absolute atomic E-state index is 12.1. The highest BCUT2D eigenvalue weighted by Gasteiger charge is 2.17. The van der Waals surface area contributed by atoms with Crippen LogP contribution in [0.15, 0.2) is 30.3 Å². The Morgan fingerprint density at radius 2 is 1.90 bits per heavy atom. The fourth-order valence-corrected chi connectivity index (χ4v) is 4.25. The van der Waals surface area contributed by atoms with Crippen molar-refractivity contribution in [3.05, 3.63) is 58.1 Å². The van der Waals surface area contributed by atoms with E-state index in [0.717, 1.165) is 35.9 Å².